The first-order valence-electron chi connectivity index (χ1n) is 7.03. The van der Waals surface area contributed by atoms with E-state index in [9.17, 15) is 13.2 Å². The Hall–Kier alpha value is -1.56. The molecule has 1 aromatic heterocycles. The van der Waals surface area contributed by atoms with Crippen LogP contribution in [0.2, 0.25) is 0 Å². The Morgan fingerprint density at radius 1 is 1.38 bits per heavy atom. The first-order chi connectivity index (χ1) is 9.73. The van der Waals surface area contributed by atoms with E-state index < -0.39 is 11.7 Å². The molecule has 1 fully saturated rings. The largest absolute Gasteiger partial charge is 0.416 e. The third-order valence-corrected chi connectivity index (χ3v) is 4.75. The number of fused-ring (bicyclic) bond motifs is 1. The van der Waals surface area contributed by atoms with Crippen LogP contribution in [0.5, 0.6) is 0 Å². The molecule has 1 aromatic carbocycles. The van der Waals surface area contributed by atoms with Crippen molar-refractivity contribution in [2.45, 2.75) is 43.8 Å². The van der Waals surface area contributed by atoms with Crippen molar-refractivity contribution in [2.75, 3.05) is 0 Å². The van der Waals surface area contributed by atoms with E-state index in [0.717, 1.165) is 37.2 Å². The zero-order valence-corrected chi connectivity index (χ0v) is 12.0. The normalized spacial score (nSPS) is 26.7. The van der Waals surface area contributed by atoms with Crippen molar-refractivity contribution in [2.24, 2.45) is 12.8 Å². The maximum absolute atomic E-state index is 12.8. The predicted molar refractivity (Wildman–Crippen MR) is 74.9 cm³/mol. The Morgan fingerprint density at radius 2 is 2.10 bits per heavy atom. The highest BCUT2D eigenvalue weighted by Crippen LogP contribution is 2.40. The van der Waals surface area contributed by atoms with Crippen molar-refractivity contribution >= 4 is 11.0 Å². The fraction of sp³-hybridized carbons (Fsp3) is 0.533. The van der Waals surface area contributed by atoms with Crippen molar-refractivity contribution in [3.8, 4) is 0 Å². The summed E-state index contributed by atoms with van der Waals surface area (Å²) in [4.78, 5) is 4.47. The first kappa shape index (κ1) is 14.4. The zero-order chi connectivity index (χ0) is 15.4. The Bertz CT molecular complexity index is 689. The summed E-state index contributed by atoms with van der Waals surface area (Å²) in [6.45, 7) is 2.05. The van der Waals surface area contributed by atoms with Crippen LogP contribution in [0.25, 0.3) is 11.0 Å². The Labute approximate surface area is 121 Å². The van der Waals surface area contributed by atoms with Crippen LogP contribution in [0.1, 0.15) is 37.6 Å². The molecule has 2 N–H and O–H groups in total. The summed E-state index contributed by atoms with van der Waals surface area (Å²) in [5.74, 6) is 0.779. The quantitative estimate of drug-likeness (QED) is 0.877. The van der Waals surface area contributed by atoms with Crippen LogP contribution < -0.4 is 5.73 Å². The van der Waals surface area contributed by atoms with Crippen molar-refractivity contribution in [1.82, 2.24) is 9.55 Å². The van der Waals surface area contributed by atoms with E-state index in [1.165, 1.54) is 6.07 Å². The molecule has 1 saturated carbocycles. The average molecular weight is 297 g/mol. The lowest BCUT2D eigenvalue weighted by Gasteiger charge is -2.28. The molecule has 2 unspecified atom stereocenters. The maximum atomic E-state index is 12.8. The molecule has 1 aliphatic rings. The van der Waals surface area contributed by atoms with Gasteiger partial charge in [0.05, 0.1) is 16.6 Å². The summed E-state index contributed by atoms with van der Waals surface area (Å²) in [5, 5.41) is 0. The summed E-state index contributed by atoms with van der Waals surface area (Å²) in [7, 11) is 1.84. The molecule has 0 spiro atoms. The maximum Gasteiger partial charge on any atom is 0.416 e. The molecule has 2 aromatic rings. The van der Waals surface area contributed by atoms with E-state index in [0.29, 0.717) is 11.0 Å². The van der Waals surface area contributed by atoms with Crippen molar-refractivity contribution in [3.05, 3.63) is 29.6 Å². The second-order valence-electron chi connectivity index (χ2n) is 6.11. The number of hydrogen-bond donors (Lipinski definition) is 1. The molecule has 0 saturated heterocycles. The van der Waals surface area contributed by atoms with Gasteiger partial charge < -0.3 is 10.3 Å². The van der Waals surface area contributed by atoms with E-state index in [-0.39, 0.29) is 11.5 Å². The molecule has 21 heavy (non-hydrogen) atoms. The number of rotatable bonds is 1. The monoisotopic (exact) mass is 297 g/mol. The Balaban J connectivity index is 2.16. The number of benzene rings is 1. The standard InChI is InChI=1S/C15H18F3N3/c1-14(7-3-4-12(14)19)13-20-10-8-9(15(16,17)18)5-6-11(10)21(13)2/h5-6,8,12H,3-4,7,19H2,1-2H3. The van der Waals surface area contributed by atoms with Gasteiger partial charge in [-0.25, -0.2) is 4.98 Å². The molecule has 114 valence electrons. The van der Waals surface area contributed by atoms with Gasteiger partial charge in [0.1, 0.15) is 5.82 Å². The van der Waals surface area contributed by atoms with Gasteiger partial charge in [-0.05, 0) is 31.0 Å². The van der Waals surface area contributed by atoms with Gasteiger partial charge in [-0.1, -0.05) is 13.3 Å². The minimum atomic E-state index is -4.35. The zero-order valence-electron chi connectivity index (χ0n) is 12.0. The third-order valence-electron chi connectivity index (χ3n) is 4.75. The Kier molecular flexibility index (Phi) is 3.06. The predicted octanol–water partition coefficient (Wildman–Crippen LogP) is 3.36. The van der Waals surface area contributed by atoms with Crippen LogP contribution in [0.15, 0.2) is 18.2 Å². The van der Waals surface area contributed by atoms with Gasteiger partial charge in [-0.15, -0.1) is 0 Å². The van der Waals surface area contributed by atoms with Gasteiger partial charge in [-0.2, -0.15) is 13.2 Å². The number of nitrogens with two attached hydrogens (primary N) is 1. The molecule has 0 amide bonds. The number of halogens is 3. The summed E-state index contributed by atoms with van der Waals surface area (Å²) in [6.07, 6.45) is -1.49. The summed E-state index contributed by atoms with van der Waals surface area (Å²) in [6, 6.07) is 3.70. The third kappa shape index (κ3) is 2.12. The van der Waals surface area contributed by atoms with Crippen LogP contribution in [0.3, 0.4) is 0 Å². The molecule has 0 radical (unpaired) electrons. The molecule has 3 nitrogen and oxygen atoms in total. The number of imidazole rings is 1. The van der Waals surface area contributed by atoms with E-state index in [1.54, 1.807) is 0 Å². The van der Waals surface area contributed by atoms with Crippen molar-refractivity contribution in [1.29, 1.82) is 0 Å². The first-order valence-corrected chi connectivity index (χ1v) is 7.03. The second-order valence-corrected chi connectivity index (χ2v) is 6.11. The molecule has 1 aliphatic carbocycles. The fourth-order valence-electron chi connectivity index (χ4n) is 3.36. The van der Waals surface area contributed by atoms with E-state index in [1.807, 2.05) is 11.6 Å². The van der Waals surface area contributed by atoms with E-state index in [4.69, 9.17) is 5.73 Å². The highest BCUT2D eigenvalue weighted by molar-refractivity contribution is 5.77. The molecular weight excluding hydrogens is 279 g/mol. The molecule has 6 heteroatoms. The molecule has 0 aliphatic heterocycles. The van der Waals surface area contributed by atoms with Gasteiger partial charge in [0, 0.05) is 18.5 Å². The Morgan fingerprint density at radius 3 is 2.67 bits per heavy atom. The minimum absolute atomic E-state index is 0.00454. The van der Waals surface area contributed by atoms with Gasteiger partial charge in [0.15, 0.2) is 0 Å². The fourth-order valence-corrected chi connectivity index (χ4v) is 3.36. The van der Waals surface area contributed by atoms with Crippen molar-refractivity contribution in [3.63, 3.8) is 0 Å². The van der Waals surface area contributed by atoms with Crippen LogP contribution in [-0.2, 0) is 18.6 Å². The van der Waals surface area contributed by atoms with Gasteiger partial charge in [0.25, 0.3) is 0 Å². The molecular formula is C15H18F3N3. The van der Waals surface area contributed by atoms with Crippen molar-refractivity contribution < 1.29 is 13.2 Å². The molecule has 0 bridgehead atoms. The number of nitrogens with zero attached hydrogens (tertiary/aromatic N) is 2. The van der Waals surface area contributed by atoms with E-state index >= 15 is 0 Å². The number of alkyl halides is 3. The summed E-state index contributed by atoms with van der Waals surface area (Å²) >= 11 is 0. The minimum Gasteiger partial charge on any atom is -0.331 e. The smallest absolute Gasteiger partial charge is 0.331 e. The van der Waals surface area contributed by atoms with Crippen LogP contribution in [-0.4, -0.2) is 15.6 Å². The van der Waals surface area contributed by atoms with Crippen LogP contribution >= 0.6 is 0 Å². The molecule has 2 atom stereocenters. The van der Waals surface area contributed by atoms with Gasteiger partial charge in [-0.3, -0.25) is 0 Å². The average Bonchev–Trinajstić information content (AvgIpc) is 2.91. The van der Waals surface area contributed by atoms with E-state index in [2.05, 4.69) is 11.9 Å². The lowest BCUT2D eigenvalue weighted by atomic mass is 9.84. The summed E-state index contributed by atoms with van der Waals surface area (Å²) in [5.41, 5.74) is 6.35. The SMILES string of the molecule is Cn1c(C2(C)CCCC2N)nc2cc(C(F)(F)F)ccc21. The highest BCUT2D eigenvalue weighted by Gasteiger charge is 2.41. The summed E-state index contributed by atoms with van der Waals surface area (Å²) < 4.78 is 40.3. The highest BCUT2D eigenvalue weighted by atomic mass is 19.4. The lowest BCUT2D eigenvalue weighted by molar-refractivity contribution is -0.137. The topological polar surface area (TPSA) is 43.8 Å². The van der Waals surface area contributed by atoms with Gasteiger partial charge in [0.2, 0.25) is 0 Å². The number of aryl methyl sites for hydroxylation is 1. The van der Waals surface area contributed by atoms with Crippen LogP contribution in [0.4, 0.5) is 13.2 Å². The molecule has 1 heterocycles. The molecule has 3 rings (SSSR count). The lowest BCUT2D eigenvalue weighted by Crippen LogP contribution is -2.40. The van der Waals surface area contributed by atoms with Crippen LogP contribution in [0, 0.1) is 0 Å². The van der Waals surface area contributed by atoms with Gasteiger partial charge >= 0.3 is 6.18 Å². The second kappa shape index (κ2) is 4.47. The number of aromatic nitrogens is 2. The number of hydrogen-bond acceptors (Lipinski definition) is 2.